The third-order valence-corrected chi connectivity index (χ3v) is 6.05. The maximum Gasteiger partial charge on any atom is 0.265 e. The molecule has 1 heterocycles. The van der Waals surface area contributed by atoms with E-state index in [-0.39, 0.29) is 16.6 Å². The third-order valence-electron chi connectivity index (χ3n) is 4.21. The number of fused-ring (bicyclic) bond motifs is 1. The van der Waals surface area contributed by atoms with Gasteiger partial charge in [0.15, 0.2) is 6.10 Å². The van der Waals surface area contributed by atoms with Crippen LogP contribution >= 0.6 is 0 Å². The number of nitrogens with zero attached hydrogens (tertiary/aromatic N) is 1. The molecule has 0 spiro atoms. The van der Waals surface area contributed by atoms with Gasteiger partial charge in [0, 0.05) is 26.2 Å². The molecule has 0 saturated carbocycles. The van der Waals surface area contributed by atoms with Crippen molar-refractivity contribution in [3.05, 3.63) is 48.0 Å². The lowest BCUT2D eigenvalue weighted by molar-refractivity contribution is -0.122. The number of hydrogen-bond donors (Lipinski definition) is 1. The molecule has 8 heteroatoms. The van der Waals surface area contributed by atoms with Crippen LogP contribution in [-0.4, -0.2) is 45.4 Å². The van der Waals surface area contributed by atoms with Gasteiger partial charge in [-0.2, -0.15) is 0 Å². The zero-order valence-corrected chi connectivity index (χ0v) is 16.2. The number of sulfonamides is 1. The van der Waals surface area contributed by atoms with Crippen molar-refractivity contribution in [2.24, 2.45) is 0 Å². The number of rotatable bonds is 6. The van der Waals surface area contributed by atoms with Crippen molar-refractivity contribution in [3.63, 3.8) is 0 Å². The van der Waals surface area contributed by atoms with Crippen LogP contribution in [0.25, 0.3) is 0 Å². The van der Waals surface area contributed by atoms with E-state index in [1.807, 2.05) is 24.3 Å². The van der Waals surface area contributed by atoms with E-state index >= 15 is 0 Å². The lowest BCUT2D eigenvalue weighted by atomic mass is 10.1. The van der Waals surface area contributed by atoms with Crippen LogP contribution in [0.4, 0.5) is 5.69 Å². The van der Waals surface area contributed by atoms with Crippen molar-refractivity contribution in [2.75, 3.05) is 26.0 Å². The van der Waals surface area contributed by atoms with Gasteiger partial charge < -0.3 is 14.8 Å². The van der Waals surface area contributed by atoms with E-state index < -0.39 is 16.1 Å². The number of para-hydroxylation sites is 1. The highest BCUT2D eigenvalue weighted by Crippen LogP contribution is 2.31. The molecule has 7 nitrogen and oxygen atoms in total. The van der Waals surface area contributed by atoms with Gasteiger partial charge in [0.2, 0.25) is 10.0 Å². The highest BCUT2D eigenvalue weighted by atomic mass is 32.2. The lowest BCUT2D eigenvalue weighted by Crippen LogP contribution is -2.31. The summed E-state index contributed by atoms with van der Waals surface area (Å²) < 4.78 is 37.4. The molecule has 144 valence electrons. The topological polar surface area (TPSA) is 84.9 Å². The summed E-state index contributed by atoms with van der Waals surface area (Å²) in [5, 5.41) is 2.74. The standard InChI is InChI=1S/C19H22N2O5S/c1-4-25-16-10-9-14(12-18(16)27(23,24)21(2)3)20-19(22)17-11-13-7-5-6-8-15(13)26-17/h5-10,12,17H,4,11H2,1-3H3,(H,20,22)/t17-/m0/s1. The number of benzene rings is 2. The second kappa shape index (κ2) is 7.58. The monoisotopic (exact) mass is 390 g/mol. The predicted octanol–water partition coefficient (Wildman–Crippen LogP) is 2.28. The zero-order chi connectivity index (χ0) is 19.6. The van der Waals surface area contributed by atoms with Crippen LogP contribution in [0.15, 0.2) is 47.4 Å². The molecule has 2 aromatic carbocycles. The second-order valence-electron chi connectivity index (χ2n) is 6.29. The van der Waals surface area contributed by atoms with E-state index in [1.54, 1.807) is 19.1 Å². The fraction of sp³-hybridized carbons (Fsp3) is 0.316. The van der Waals surface area contributed by atoms with Gasteiger partial charge >= 0.3 is 0 Å². The maximum atomic E-state index is 12.6. The molecule has 0 aromatic heterocycles. The molecule has 0 unspecified atom stereocenters. The summed E-state index contributed by atoms with van der Waals surface area (Å²) >= 11 is 0. The Balaban J connectivity index is 1.82. The summed E-state index contributed by atoms with van der Waals surface area (Å²) in [6.07, 6.45) is -0.176. The van der Waals surface area contributed by atoms with Gasteiger partial charge in [-0.15, -0.1) is 0 Å². The van der Waals surface area contributed by atoms with Crippen LogP contribution in [0.5, 0.6) is 11.5 Å². The molecule has 0 aliphatic carbocycles. The molecule has 0 bridgehead atoms. The number of carbonyl (C=O) groups is 1. The Hall–Kier alpha value is -2.58. The van der Waals surface area contributed by atoms with E-state index in [2.05, 4.69) is 5.32 Å². The fourth-order valence-electron chi connectivity index (χ4n) is 2.81. The van der Waals surface area contributed by atoms with Crippen LogP contribution in [0.2, 0.25) is 0 Å². The lowest BCUT2D eigenvalue weighted by Gasteiger charge is -2.17. The van der Waals surface area contributed by atoms with Crippen molar-refractivity contribution < 1.29 is 22.7 Å². The first-order valence-electron chi connectivity index (χ1n) is 8.57. The summed E-state index contributed by atoms with van der Waals surface area (Å²) in [7, 11) is -0.836. The van der Waals surface area contributed by atoms with Crippen molar-refractivity contribution in [1.29, 1.82) is 0 Å². The molecule has 2 aromatic rings. The van der Waals surface area contributed by atoms with Crippen molar-refractivity contribution in [2.45, 2.75) is 24.3 Å². The number of anilines is 1. The SMILES string of the molecule is CCOc1ccc(NC(=O)[C@@H]2Cc3ccccc3O2)cc1S(=O)(=O)N(C)C. The minimum Gasteiger partial charge on any atom is -0.492 e. The third kappa shape index (κ3) is 3.91. The van der Waals surface area contributed by atoms with Crippen LogP contribution in [0.1, 0.15) is 12.5 Å². The first-order valence-corrected chi connectivity index (χ1v) is 10.0. The average molecular weight is 390 g/mol. The Labute approximate surface area is 158 Å². The molecule has 0 radical (unpaired) electrons. The quantitative estimate of drug-likeness (QED) is 0.818. The molecule has 1 aliphatic rings. The van der Waals surface area contributed by atoms with E-state index in [0.29, 0.717) is 24.5 Å². The first-order chi connectivity index (χ1) is 12.8. The maximum absolute atomic E-state index is 12.6. The molecule has 1 amide bonds. The van der Waals surface area contributed by atoms with Crippen LogP contribution in [0, 0.1) is 0 Å². The Morgan fingerprint density at radius 2 is 2.00 bits per heavy atom. The van der Waals surface area contributed by atoms with E-state index in [1.165, 1.54) is 20.2 Å². The Morgan fingerprint density at radius 1 is 1.26 bits per heavy atom. The van der Waals surface area contributed by atoms with E-state index in [0.717, 1.165) is 9.87 Å². The number of nitrogens with one attached hydrogen (secondary N) is 1. The highest BCUT2D eigenvalue weighted by molar-refractivity contribution is 7.89. The number of ether oxygens (including phenoxy) is 2. The summed E-state index contributed by atoms with van der Waals surface area (Å²) in [5.41, 5.74) is 1.34. The molecule has 0 fully saturated rings. The van der Waals surface area contributed by atoms with Gasteiger partial charge in [-0.05, 0) is 36.8 Å². The molecule has 1 N–H and O–H groups in total. The van der Waals surface area contributed by atoms with Crippen molar-refractivity contribution in [3.8, 4) is 11.5 Å². The normalized spacial score (nSPS) is 15.9. The van der Waals surface area contributed by atoms with Crippen LogP contribution < -0.4 is 14.8 Å². The zero-order valence-electron chi connectivity index (χ0n) is 15.4. The molecule has 3 rings (SSSR count). The Bertz CT molecular complexity index is 931. The minimum atomic E-state index is -3.72. The van der Waals surface area contributed by atoms with E-state index in [4.69, 9.17) is 9.47 Å². The van der Waals surface area contributed by atoms with Gasteiger partial charge in [0.1, 0.15) is 16.4 Å². The van der Waals surface area contributed by atoms with Gasteiger partial charge in [-0.1, -0.05) is 18.2 Å². The highest BCUT2D eigenvalue weighted by Gasteiger charge is 2.29. The summed E-state index contributed by atoms with van der Waals surface area (Å²) in [5.74, 6) is 0.609. The molecular formula is C19H22N2O5S. The second-order valence-corrected chi connectivity index (χ2v) is 8.41. The number of carbonyl (C=O) groups excluding carboxylic acids is 1. The average Bonchev–Trinajstić information content (AvgIpc) is 3.07. The van der Waals surface area contributed by atoms with Crippen molar-refractivity contribution in [1.82, 2.24) is 4.31 Å². The Morgan fingerprint density at radius 3 is 2.67 bits per heavy atom. The van der Waals surface area contributed by atoms with Crippen LogP contribution in [-0.2, 0) is 21.2 Å². The summed E-state index contributed by atoms with van der Waals surface area (Å²) in [6, 6.07) is 12.0. The fourth-order valence-corrected chi connectivity index (χ4v) is 3.86. The summed E-state index contributed by atoms with van der Waals surface area (Å²) in [4.78, 5) is 12.6. The van der Waals surface area contributed by atoms with Gasteiger partial charge in [-0.25, -0.2) is 12.7 Å². The van der Waals surface area contributed by atoms with Gasteiger partial charge in [-0.3, -0.25) is 4.79 Å². The minimum absolute atomic E-state index is 0.00257. The molecule has 1 atom stereocenters. The molecular weight excluding hydrogens is 368 g/mol. The van der Waals surface area contributed by atoms with E-state index in [9.17, 15) is 13.2 Å². The van der Waals surface area contributed by atoms with Crippen LogP contribution in [0.3, 0.4) is 0 Å². The van der Waals surface area contributed by atoms with Crippen molar-refractivity contribution >= 4 is 21.6 Å². The predicted molar refractivity (Wildman–Crippen MR) is 102 cm³/mol. The number of amides is 1. The number of hydrogen-bond acceptors (Lipinski definition) is 5. The first kappa shape index (κ1) is 19.2. The Kier molecular flexibility index (Phi) is 5.38. The molecule has 1 aliphatic heterocycles. The molecule has 27 heavy (non-hydrogen) atoms. The van der Waals surface area contributed by atoms with Gasteiger partial charge in [0.05, 0.1) is 6.61 Å². The largest absolute Gasteiger partial charge is 0.492 e. The molecule has 0 saturated heterocycles. The van der Waals surface area contributed by atoms with Gasteiger partial charge in [0.25, 0.3) is 5.91 Å². The smallest absolute Gasteiger partial charge is 0.265 e. The summed E-state index contributed by atoms with van der Waals surface area (Å²) in [6.45, 7) is 2.10.